The number of hydrogen-bond donors (Lipinski definition) is 0. The first-order valence-corrected chi connectivity index (χ1v) is 9.07. The van der Waals surface area contributed by atoms with Crippen molar-refractivity contribution in [1.29, 1.82) is 0 Å². The van der Waals surface area contributed by atoms with Gasteiger partial charge in [0, 0.05) is 40.6 Å². The SMILES string of the molecule is COC(=O)C[C@H]1C[C@@H](O[C@@H]2OC[C@@H](OC)[C@H](OC)[C@H]2OC)C[C@@H](CC=O)O1. The molecular weight excluding hydrogens is 360 g/mol. The van der Waals surface area contributed by atoms with Crippen LogP contribution in [0.5, 0.6) is 0 Å². The Balaban J connectivity index is 2.03. The maximum absolute atomic E-state index is 11.6. The number of carbonyl (C=O) groups is 2. The van der Waals surface area contributed by atoms with Crippen LogP contribution in [0.1, 0.15) is 25.7 Å². The van der Waals surface area contributed by atoms with Crippen LogP contribution in [0.4, 0.5) is 0 Å². The van der Waals surface area contributed by atoms with Crippen LogP contribution in [0.2, 0.25) is 0 Å². The zero-order valence-corrected chi connectivity index (χ0v) is 16.3. The summed E-state index contributed by atoms with van der Waals surface area (Å²) in [6, 6.07) is 0. The highest BCUT2D eigenvalue weighted by Crippen LogP contribution is 2.30. The zero-order chi connectivity index (χ0) is 19.8. The molecule has 7 atom stereocenters. The predicted molar refractivity (Wildman–Crippen MR) is 92.2 cm³/mol. The van der Waals surface area contributed by atoms with E-state index in [1.807, 2.05) is 0 Å². The fourth-order valence-electron chi connectivity index (χ4n) is 3.62. The van der Waals surface area contributed by atoms with Gasteiger partial charge < -0.3 is 38.0 Å². The van der Waals surface area contributed by atoms with Gasteiger partial charge in [0.15, 0.2) is 6.29 Å². The molecule has 0 unspecified atom stereocenters. The van der Waals surface area contributed by atoms with E-state index in [4.69, 9.17) is 33.2 Å². The third-order valence-electron chi connectivity index (χ3n) is 4.97. The number of hydrogen-bond acceptors (Lipinski definition) is 9. The van der Waals surface area contributed by atoms with Gasteiger partial charge in [0.1, 0.15) is 24.6 Å². The Morgan fingerprint density at radius 1 is 1.04 bits per heavy atom. The summed E-state index contributed by atoms with van der Waals surface area (Å²) in [5.74, 6) is -0.364. The molecule has 2 aliphatic rings. The van der Waals surface area contributed by atoms with Gasteiger partial charge in [-0.2, -0.15) is 0 Å². The fraction of sp³-hybridized carbons (Fsp3) is 0.889. The lowest BCUT2D eigenvalue weighted by atomic mass is 9.97. The Morgan fingerprint density at radius 3 is 2.33 bits per heavy atom. The number of carbonyl (C=O) groups excluding carboxylic acids is 2. The van der Waals surface area contributed by atoms with Crippen LogP contribution in [-0.2, 0) is 42.7 Å². The molecule has 0 aromatic heterocycles. The van der Waals surface area contributed by atoms with Gasteiger partial charge in [0.25, 0.3) is 0 Å². The van der Waals surface area contributed by atoms with E-state index >= 15 is 0 Å². The summed E-state index contributed by atoms with van der Waals surface area (Å²) in [4.78, 5) is 22.5. The summed E-state index contributed by atoms with van der Waals surface area (Å²) in [5.41, 5.74) is 0. The molecule has 0 aromatic rings. The summed E-state index contributed by atoms with van der Waals surface area (Å²) in [6.07, 6.45) is -0.491. The van der Waals surface area contributed by atoms with Crippen LogP contribution >= 0.6 is 0 Å². The van der Waals surface area contributed by atoms with Crippen LogP contribution in [-0.4, -0.2) is 90.2 Å². The Morgan fingerprint density at radius 2 is 1.74 bits per heavy atom. The van der Waals surface area contributed by atoms with Crippen molar-refractivity contribution in [2.75, 3.05) is 35.0 Å². The molecule has 0 radical (unpaired) electrons. The third-order valence-corrected chi connectivity index (χ3v) is 4.97. The minimum atomic E-state index is -0.648. The van der Waals surface area contributed by atoms with Gasteiger partial charge in [0.2, 0.25) is 0 Å². The van der Waals surface area contributed by atoms with E-state index in [0.717, 1.165) is 6.29 Å². The molecule has 9 heteroatoms. The molecule has 2 saturated heterocycles. The fourth-order valence-corrected chi connectivity index (χ4v) is 3.62. The second-order valence-electron chi connectivity index (χ2n) is 6.67. The van der Waals surface area contributed by atoms with Gasteiger partial charge >= 0.3 is 5.97 Å². The molecule has 0 aromatic carbocycles. The maximum Gasteiger partial charge on any atom is 0.308 e. The number of esters is 1. The predicted octanol–water partition coefficient (Wildman–Crippen LogP) is 0.473. The van der Waals surface area contributed by atoms with Crippen LogP contribution < -0.4 is 0 Å². The molecule has 2 fully saturated rings. The smallest absolute Gasteiger partial charge is 0.308 e. The molecule has 2 rings (SSSR count). The number of rotatable bonds is 9. The topological polar surface area (TPSA) is 98.8 Å². The van der Waals surface area contributed by atoms with E-state index in [-0.39, 0.29) is 49.3 Å². The van der Waals surface area contributed by atoms with Gasteiger partial charge in [-0.05, 0) is 0 Å². The highest BCUT2D eigenvalue weighted by atomic mass is 16.7. The van der Waals surface area contributed by atoms with Crippen molar-refractivity contribution in [3.63, 3.8) is 0 Å². The number of ether oxygens (including phenoxy) is 7. The van der Waals surface area contributed by atoms with Crippen LogP contribution in [0.25, 0.3) is 0 Å². The molecule has 0 spiro atoms. The monoisotopic (exact) mass is 390 g/mol. The standard InChI is InChI=1S/C18H30O9/c1-21-14-10-25-18(17(24-4)16(14)23-3)27-12-7-11(5-6-19)26-13(8-12)9-15(20)22-2/h6,11-14,16-18H,5,7-10H2,1-4H3/t11-,12+,13-,14-,16+,17-,18+/m1/s1. The number of methoxy groups -OCH3 is 4. The Hall–Kier alpha value is -1.10. The van der Waals surface area contributed by atoms with Crippen LogP contribution in [0.3, 0.4) is 0 Å². The van der Waals surface area contributed by atoms with Gasteiger partial charge in [-0.15, -0.1) is 0 Å². The molecular formula is C18H30O9. The molecule has 0 saturated carbocycles. The molecule has 27 heavy (non-hydrogen) atoms. The van der Waals surface area contributed by atoms with Crippen molar-refractivity contribution < 1.29 is 42.7 Å². The van der Waals surface area contributed by atoms with E-state index in [0.29, 0.717) is 19.4 Å². The molecule has 2 heterocycles. The highest BCUT2D eigenvalue weighted by molar-refractivity contribution is 5.69. The minimum absolute atomic E-state index is 0.109. The largest absolute Gasteiger partial charge is 0.469 e. The van der Waals surface area contributed by atoms with Crippen molar-refractivity contribution in [2.45, 2.75) is 68.6 Å². The molecule has 156 valence electrons. The third kappa shape index (κ3) is 5.94. The first-order valence-electron chi connectivity index (χ1n) is 9.07. The molecule has 2 aliphatic heterocycles. The first kappa shape index (κ1) is 22.2. The summed E-state index contributed by atoms with van der Waals surface area (Å²) >= 11 is 0. The van der Waals surface area contributed by atoms with Gasteiger partial charge in [0.05, 0.1) is 38.4 Å². The summed E-state index contributed by atoms with van der Waals surface area (Å²) < 4.78 is 38.9. The van der Waals surface area contributed by atoms with Crippen LogP contribution in [0.15, 0.2) is 0 Å². The molecule has 0 aliphatic carbocycles. The van der Waals surface area contributed by atoms with Crippen molar-refractivity contribution in [3.05, 3.63) is 0 Å². The van der Waals surface area contributed by atoms with Gasteiger partial charge in [-0.25, -0.2) is 0 Å². The maximum atomic E-state index is 11.6. The Kier molecular flexibility index (Phi) is 9.07. The van der Waals surface area contributed by atoms with E-state index < -0.39 is 12.4 Å². The quantitative estimate of drug-likeness (QED) is 0.411. The lowest BCUT2D eigenvalue weighted by Crippen LogP contribution is -2.57. The zero-order valence-electron chi connectivity index (χ0n) is 16.3. The number of aldehydes is 1. The summed E-state index contributed by atoms with van der Waals surface area (Å²) in [5, 5.41) is 0. The second-order valence-corrected chi connectivity index (χ2v) is 6.67. The van der Waals surface area contributed by atoms with E-state index in [1.54, 1.807) is 21.3 Å². The molecule has 0 N–H and O–H groups in total. The molecule has 9 nitrogen and oxygen atoms in total. The van der Waals surface area contributed by atoms with E-state index in [1.165, 1.54) is 7.11 Å². The Labute approximate surface area is 159 Å². The second kappa shape index (κ2) is 11.0. The first-order chi connectivity index (χ1) is 13.1. The normalized spacial score (nSPS) is 37.0. The Bertz CT molecular complexity index is 472. The lowest BCUT2D eigenvalue weighted by molar-refractivity contribution is -0.302. The highest BCUT2D eigenvalue weighted by Gasteiger charge is 2.44. The lowest BCUT2D eigenvalue weighted by Gasteiger charge is -2.43. The average molecular weight is 390 g/mol. The van der Waals surface area contributed by atoms with Gasteiger partial charge in [-0.3, -0.25) is 4.79 Å². The van der Waals surface area contributed by atoms with Crippen molar-refractivity contribution >= 4 is 12.3 Å². The minimum Gasteiger partial charge on any atom is -0.469 e. The average Bonchev–Trinajstić information content (AvgIpc) is 2.67. The van der Waals surface area contributed by atoms with E-state index in [9.17, 15) is 9.59 Å². The summed E-state index contributed by atoms with van der Waals surface area (Å²) in [6.45, 7) is 0.312. The summed E-state index contributed by atoms with van der Waals surface area (Å²) in [7, 11) is 6.08. The van der Waals surface area contributed by atoms with Crippen molar-refractivity contribution in [2.24, 2.45) is 0 Å². The molecule has 0 amide bonds. The molecule has 0 bridgehead atoms. The van der Waals surface area contributed by atoms with Crippen molar-refractivity contribution in [3.8, 4) is 0 Å². The van der Waals surface area contributed by atoms with Gasteiger partial charge in [-0.1, -0.05) is 0 Å². The van der Waals surface area contributed by atoms with Crippen LogP contribution in [0, 0.1) is 0 Å². The van der Waals surface area contributed by atoms with Crippen molar-refractivity contribution in [1.82, 2.24) is 0 Å². The van der Waals surface area contributed by atoms with E-state index in [2.05, 4.69) is 0 Å².